The minimum Gasteiger partial charge on any atom is -0.389 e. The van der Waals surface area contributed by atoms with E-state index in [2.05, 4.69) is 15.5 Å². The molecule has 11 heteroatoms. The van der Waals surface area contributed by atoms with Crippen LogP contribution in [-0.4, -0.2) is 55.9 Å². The van der Waals surface area contributed by atoms with Crippen LogP contribution in [0.5, 0.6) is 0 Å². The molecule has 1 aliphatic heterocycles. The third kappa shape index (κ3) is 4.58. The van der Waals surface area contributed by atoms with Gasteiger partial charge in [0.2, 0.25) is 0 Å². The first kappa shape index (κ1) is 20.6. The molecule has 2 fully saturated rings. The van der Waals surface area contributed by atoms with E-state index in [9.17, 15) is 18.0 Å². The van der Waals surface area contributed by atoms with E-state index in [1.807, 2.05) is 0 Å². The van der Waals surface area contributed by atoms with E-state index in [1.165, 1.54) is 30.5 Å². The third-order valence-electron chi connectivity index (χ3n) is 4.68. The lowest BCUT2D eigenvalue weighted by Gasteiger charge is -2.10. The van der Waals surface area contributed by atoms with Gasteiger partial charge in [-0.15, -0.1) is 0 Å². The Labute approximate surface area is 177 Å². The number of amides is 1. The fourth-order valence-corrected chi connectivity index (χ4v) is 5.16. The minimum atomic E-state index is -3.33. The second-order valence-electron chi connectivity index (χ2n) is 6.94. The number of ether oxygens (including phenoxy) is 1. The Bertz CT molecular complexity index is 1070. The van der Waals surface area contributed by atoms with Crippen molar-refractivity contribution in [1.29, 1.82) is 0 Å². The topological polar surface area (TPSA) is 124 Å². The van der Waals surface area contributed by atoms with Gasteiger partial charge in [-0.2, -0.15) is 0 Å². The number of benzene rings is 1. The summed E-state index contributed by atoms with van der Waals surface area (Å²) in [5.41, 5.74) is 0.369. The highest BCUT2D eigenvalue weighted by Crippen LogP contribution is 2.33. The van der Waals surface area contributed by atoms with Crippen molar-refractivity contribution in [2.24, 2.45) is 5.16 Å². The lowest BCUT2D eigenvalue weighted by molar-refractivity contribution is -0.110. The fraction of sp³-hybridized carbons (Fsp3) is 0.368. The average Bonchev–Trinajstić information content (AvgIpc) is 3.31. The second-order valence-corrected chi connectivity index (χ2v) is 10.2. The molecule has 1 aromatic carbocycles. The number of rotatable bonds is 8. The first-order valence-electron chi connectivity index (χ1n) is 9.35. The fourth-order valence-electron chi connectivity index (χ4n) is 2.88. The molecule has 0 unspecified atom stereocenters. The van der Waals surface area contributed by atoms with Crippen LogP contribution in [0.25, 0.3) is 0 Å². The number of thiazole rings is 1. The van der Waals surface area contributed by atoms with Crippen LogP contribution in [0.2, 0.25) is 0 Å². The van der Waals surface area contributed by atoms with Crippen molar-refractivity contribution in [3.8, 4) is 0 Å². The number of anilines is 1. The SMILES string of the molecule is O=Cc1cnc(NC(=O)C(=NO[C@@H]2CCOC2)c2ccc(S(=O)(=O)C3CC3)cc2)s1. The van der Waals surface area contributed by atoms with E-state index < -0.39 is 15.7 Å². The van der Waals surface area contributed by atoms with Crippen LogP contribution in [-0.2, 0) is 24.2 Å². The van der Waals surface area contributed by atoms with Gasteiger partial charge in [-0.3, -0.25) is 14.9 Å². The highest BCUT2D eigenvalue weighted by Gasteiger charge is 2.36. The summed E-state index contributed by atoms with van der Waals surface area (Å²) in [6.45, 7) is 0.940. The summed E-state index contributed by atoms with van der Waals surface area (Å²) in [5, 5.41) is 6.54. The van der Waals surface area contributed by atoms with Crippen molar-refractivity contribution < 1.29 is 27.6 Å². The predicted molar refractivity (Wildman–Crippen MR) is 110 cm³/mol. The maximum absolute atomic E-state index is 12.8. The zero-order valence-electron chi connectivity index (χ0n) is 15.8. The lowest BCUT2D eigenvalue weighted by Crippen LogP contribution is -2.25. The predicted octanol–water partition coefficient (Wildman–Crippen LogP) is 2.04. The number of nitrogens with one attached hydrogen (secondary N) is 1. The number of nitrogens with zero attached hydrogens (tertiary/aromatic N) is 2. The van der Waals surface area contributed by atoms with E-state index in [-0.39, 0.29) is 27.1 Å². The Morgan fingerprint density at radius 2 is 2.03 bits per heavy atom. The van der Waals surface area contributed by atoms with Gasteiger partial charge < -0.3 is 9.57 Å². The van der Waals surface area contributed by atoms with Crippen LogP contribution in [0.1, 0.15) is 34.5 Å². The molecule has 1 saturated heterocycles. The van der Waals surface area contributed by atoms with Crippen molar-refractivity contribution in [2.75, 3.05) is 18.5 Å². The molecule has 1 aliphatic carbocycles. The molecule has 1 N–H and O–H groups in total. The zero-order valence-corrected chi connectivity index (χ0v) is 17.4. The van der Waals surface area contributed by atoms with E-state index >= 15 is 0 Å². The standard InChI is InChI=1S/C19H19N3O6S2/c23-10-14-9-20-19(29-14)21-18(24)17(22-28-13-7-8-27-11-13)12-1-3-15(4-2-12)30(25,26)16-5-6-16/h1-4,9-10,13,16H,5-8,11H2,(H,20,21,24)/t13-/m1/s1. The van der Waals surface area contributed by atoms with Crippen LogP contribution in [0.15, 0.2) is 40.5 Å². The molecular formula is C19H19N3O6S2. The number of oxime groups is 1. The number of carbonyl (C=O) groups excluding carboxylic acids is 2. The monoisotopic (exact) mass is 449 g/mol. The summed E-state index contributed by atoms with van der Waals surface area (Å²) < 4.78 is 30.0. The average molecular weight is 450 g/mol. The van der Waals surface area contributed by atoms with Crippen molar-refractivity contribution in [3.63, 3.8) is 0 Å². The number of hydrogen-bond donors (Lipinski definition) is 1. The van der Waals surface area contributed by atoms with E-state index in [0.29, 0.717) is 49.2 Å². The zero-order chi connectivity index (χ0) is 21.1. The second kappa shape index (κ2) is 8.62. The Morgan fingerprint density at radius 3 is 2.63 bits per heavy atom. The summed E-state index contributed by atoms with van der Waals surface area (Å²) in [6.07, 6.45) is 3.74. The molecule has 1 atom stereocenters. The maximum atomic E-state index is 12.8. The van der Waals surface area contributed by atoms with Crippen LogP contribution in [0.3, 0.4) is 0 Å². The number of carbonyl (C=O) groups is 2. The van der Waals surface area contributed by atoms with E-state index in [1.54, 1.807) is 0 Å². The Hall–Kier alpha value is -2.63. The number of sulfone groups is 1. The van der Waals surface area contributed by atoms with Gasteiger partial charge in [-0.25, -0.2) is 13.4 Å². The molecule has 4 rings (SSSR count). The highest BCUT2D eigenvalue weighted by atomic mass is 32.2. The molecule has 2 heterocycles. The maximum Gasteiger partial charge on any atom is 0.280 e. The largest absolute Gasteiger partial charge is 0.389 e. The van der Waals surface area contributed by atoms with Crippen molar-refractivity contribution in [1.82, 2.24) is 4.98 Å². The molecule has 30 heavy (non-hydrogen) atoms. The molecule has 2 aliphatic rings. The molecule has 2 aromatic rings. The van der Waals surface area contributed by atoms with E-state index in [0.717, 1.165) is 11.3 Å². The normalized spacial score (nSPS) is 19.5. The quantitative estimate of drug-likeness (QED) is 0.371. The van der Waals surface area contributed by atoms with Gasteiger partial charge in [0.15, 0.2) is 33.1 Å². The first-order chi connectivity index (χ1) is 14.5. The highest BCUT2D eigenvalue weighted by molar-refractivity contribution is 7.92. The molecule has 1 saturated carbocycles. The van der Waals surface area contributed by atoms with Crippen molar-refractivity contribution >= 4 is 44.2 Å². The van der Waals surface area contributed by atoms with Crippen LogP contribution in [0, 0.1) is 0 Å². The number of hydrogen-bond acceptors (Lipinski definition) is 9. The van der Waals surface area contributed by atoms with Crippen LogP contribution >= 0.6 is 11.3 Å². The van der Waals surface area contributed by atoms with Gasteiger partial charge in [0.25, 0.3) is 5.91 Å². The molecule has 0 bridgehead atoms. The summed E-state index contributed by atoms with van der Waals surface area (Å²) >= 11 is 1.03. The number of aldehydes is 1. The summed E-state index contributed by atoms with van der Waals surface area (Å²) in [4.78, 5) is 33.7. The Kier molecular flexibility index (Phi) is 5.93. The summed E-state index contributed by atoms with van der Waals surface area (Å²) in [7, 11) is -3.33. The van der Waals surface area contributed by atoms with Crippen molar-refractivity contribution in [3.05, 3.63) is 40.9 Å². The first-order valence-corrected chi connectivity index (χ1v) is 11.7. The molecule has 0 radical (unpaired) electrons. The summed E-state index contributed by atoms with van der Waals surface area (Å²) in [6, 6.07) is 6.00. The molecule has 1 aromatic heterocycles. The molecular weight excluding hydrogens is 430 g/mol. The third-order valence-corrected chi connectivity index (χ3v) is 7.79. The number of aromatic nitrogens is 1. The van der Waals surface area contributed by atoms with Gasteiger partial charge in [0.05, 0.1) is 34.4 Å². The molecule has 158 valence electrons. The minimum absolute atomic E-state index is 0.0277. The Balaban J connectivity index is 1.58. The van der Waals surface area contributed by atoms with Crippen molar-refractivity contribution in [2.45, 2.75) is 35.5 Å². The Morgan fingerprint density at radius 1 is 1.27 bits per heavy atom. The van der Waals surface area contributed by atoms with Crippen LogP contribution in [0.4, 0.5) is 5.13 Å². The molecule has 9 nitrogen and oxygen atoms in total. The van der Waals surface area contributed by atoms with Gasteiger partial charge in [-0.05, 0) is 25.0 Å². The molecule has 1 amide bonds. The summed E-state index contributed by atoms with van der Waals surface area (Å²) in [5.74, 6) is -0.585. The van der Waals surface area contributed by atoms with Gasteiger partial charge in [0, 0.05) is 12.0 Å². The van der Waals surface area contributed by atoms with Gasteiger partial charge in [0.1, 0.15) is 0 Å². The van der Waals surface area contributed by atoms with Crippen LogP contribution < -0.4 is 5.32 Å². The van der Waals surface area contributed by atoms with E-state index in [4.69, 9.17) is 9.57 Å². The smallest absolute Gasteiger partial charge is 0.280 e. The van der Waals surface area contributed by atoms with Gasteiger partial charge >= 0.3 is 0 Å². The van der Waals surface area contributed by atoms with Gasteiger partial charge in [-0.1, -0.05) is 28.6 Å². The lowest BCUT2D eigenvalue weighted by atomic mass is 10.1. The molecule has 0 spiro atoms.